The van der Waals surface area contributed by atoms with Gasteiger partial charge in [-0.3, -0.25) is 14.7 Å². The van der Waals surface area contributed by atoms with Crippen molar-refractivity contribution in [3.63, 3.8) is 0 Å². The number of anilines is 1. The maximum absolute atomic E-state index is 13.6. The van der Waals surface area contributed by atoms with Crippen LogP contribution in [0.3, 0.4) is 0 Å². The van der Waals surface area contributed by atoms with Gasteiger partial charge in [0.2, 0.25) is 0 Å². The Hall–Kier alpha value is -2.90. The third-order valence-electron chi connectivity index (χ3n) is 9.41. The minimum atomic E-state index is -1.09. The number of rotatable bonds is 4. The van der Waals surface area contributed by atoms with Gasteiger partial charge in [-0.25, -0.2) is 0 Å². The van der Waals surface area contributed by atoms with Crippen molar-refractivity contribution in [2.24, 2.45) is 11.3 Å². The molecule has 3 N–H and O–H groups in total. The number of nitrogens with one attached hydrogen (secondary N) is 1. The first-order valence-corrected chi connectivity index (χ1v) is 11.9. The zero-order chi connectivity index (χ0) is 22.2. The zero-order valence-corrected chi connectivity index (χ0v) is 18.1. The summed E-state index contributed by atoms with van der Waals surface area (Å²) in [6.07, 6.45) is 8.63. The third-order valence-corrected chi connectivity index (χ3v) is 9.41. The Bertz CT molecular complexity index is 1270. The summed E-state index contributed by atoms with van der Waals surface area (Å²) in [7, 11) is 0. The second-order valence-electron chi connectivity index (χ2n) is 10.8. The molecule has 2 spiro atoms. The third kappa shape index (κ3) is 1.90. The van der Waals surface area contributed by atoms with Gasteiger partial charge in [-0.2, -0.15) is 0 Å². The molecule has 1 amide bonds. The molecule has 7 nitrogen and oxygen atoms in total. The first-order chi connectivity index (χ1) is 16.0. The van der Waals surface area contributed by atoms with E-state index in [-0.39, 0.29) is 17.7 Å². The van der Waals surface area contributed by atoms with E-state index in [1.807, 2.05) is 12.1 Å². The summed E-state index contributed by atoms with van der Waals surface area (Å²) in [5.41, 5.74) is 1.11. The SMILES string of the molecule is O=C(Nc1ccncc1)C1=C[C@@H]2Oc3c(O)ccc4c3[C@@]23CC12CN(CC1CC1)[C@H](C4)[C@]23O. The van der Waals surface area contributed by atoms with Crippen molar-refractivity contribution in [3.8, 4) is 11.5 Å². The molecule has 5 aliphatic carbocycles. The number of aromatic nitrogens is 1. The van der Waals surface area contributed by atoms with Gasteiger partial charge in [0.05, 0.1) is 5.41 Å². The number of aromatic hydroxyl groups is 1. The van der Waals surface area contributed by atoms with Crippen LogP contribution in [0, 0.1) is 11.3 Å². The Morgan fingerprint density at radius 1 is 1.24 bits per heavy atom. The van der Waals surface area contributed by atoms with Crippen molar-refractivity contribution < 1.29 is 19.7 Å². The molecule has 1 aromatic heterocycles. The second-order valence-corrected chi connectivity index (χ2v) is 10.8. The van der Waals surface area contributed by atoms with Crippen molar-refractivity contribution >= 4 is 11.6 Å². The molecule has 5 atom stereocenters. The Kier molecular flexibility index (Phi) is 3.14. The fourth-order valence-electron chi connectivity index (χ4n) is 8.05. The molecular weight excluding hydrogens is 418 g/mol. The van der Waals surface area contributed by atoms with Crippen LogP contribution in [0.1, 0.15) is 30.4 Å². The Labute approximate surface area is 191 Å². The highest BCUT2D eigenvalue weighted by atomic mass is 16.5. The van der Waals surface area contributed by atoms with Crippen molar-refractivity contribution in [1.82, 2.24) is 9.88 Å². The minimum absolute atomic E-state index is 0.0571. The lowest BCUT2D eigenvalue weighted by Crippen LogP contribution is -2.82. The average molecular weight is 444 g/mol. The number of ether oxygens (including phenoxy) is 1. The van der Waals surface area contributed by atoms with Gasteiger partial charge in [-0.05, 0) is 61.4 Å². The summed E-state index contributed by atoms with van der Waals surface area (Å²) in [6, 6.07) is 7.18. The summed E-state index contributed by atoms with van der Waals surface area (Å²) in [6.45, 7) is 1.65. The monoisotopic (exact) mass is 443 g/mol. The van der Waals surface area contributed by atoms with Crippen LogP contribution >= 0.6 is 0 Å². The number of likely N-dealkylation sites (tertiary alicyclic amines) is 1. The minimum Gasteiger partial charge on any atom is -0.504 e. The Morgan fingerprint density at radius 2 is 2.06 bits per heavy atom. The van der Waals surface area contributed by atoms with E-state index < -0.39 is 22.5 Å². The molecule has 3 fully saturated rings. The molecule has 3 heterocycles. The predicted molar refractivity (Wildman–Crippen MR) is 119 cm³/mol. The molecule has 1 aromatic carbocycles. The lowest BCUT2D eigenvalue weighted by Gasteiger charge is -2.70. The lowest BCUT2D eigenvalue weighted by atomic mass is 9.32. The number of hydrogen-bond acceptors (Lipinski definition) is 6. The molecule has 2 aliphatic heterocycles. The van der Waals surface area contributed by atoms with Crippen molar-refractivity contribution in [2.45, 2.75) is 48.8 Å². The standard InChI is InChI=1S/C26H25N3O4/c30-18-4-3-15-9-19-26(32)24(13-29(19)11-14-1-2-14)12-25(26)20(33-22(18)21(15)25)10-17(24)23(31)28-16-5-7-27-8-6-16/h3-8,10,14,19-20,30,32H,1-2,9,11-13H2,(H,27,28,31)/t19-,20+,24?,25-,26+/m1/s1. The van der Waals surface area contributed by atoms with E-state index in [1.54, 1.807) is 30.6 Å². The Balaban J connectivity index is 1.31. The average Bonchev–Trinajstić information content (AvgIpc) is 3.50. The molecular formula is C26H25N3O4. The Morgan fingerprint density at radius 3 is 2.85 bits per heavy atom. The van der Waals surface area contributed by atoms with Crippen LogP contribution in [0.2, 0.25) is 0 Å². The maximum Gasteiger partial charge on any atom is 0.252 e. The summed E-state index contributed by atoms with van der Waals surface area (Å²) in [4.78, 5) is 20.1. The number of aliphatic hydroxyl groups is 1. The smallest absolute Gasteiger partial charge is 0.252 e. The first-order valence-electron chi connectivity index (χ1n) is 11.9. The predicted octanol–water partition coefficient (Wildman–Crippen LogP) is 2.14. The van der Waals surface area contributed by atoms with Crippen molar-refractivity contribution in [2.75, 3.05) is 18.4 Å². The molecule has 9 rings (SSSR count). The first kappa shape index (κ1) is 18.5. The molecule has 168 valence electrons. The molecule has 7 aliphatic rings. The zero-order valence-electron chi connectivity index (χ0n) is 18.1. The van der Waals surface area contributed by atoms with Crippen LogP contribution in [-0.4, -0.2) is 56.8 Å². The highest BCUT2D eigenvalue weighted by molar-refractivity contribution is 6.06. The van der Waals surface area contributed by atoms with Crippen molar-refractivity contribution in [3.05, 3.63) is 59.4 Å². The van der Waals surface area contributed by atoms with Crippen LogP contribution < -0.4 is 10.1 Å². The van der Waals surface area contributed by atoms with Crippen LogP contribution in [0.5, 0.6) is 11.5 Å². The van der Waals surface area contributed by atoms with Gasteiger partial charge in [0.15, 0.2) is 11.5 Å². The van der Waals surface area contributed by atoms with E-state index in [9.17, 15) is 15.0 Å². The quantitative estimate of drug-likeness (QED) is 0.670. The molecule has 33 heavy (non-hydrogen) atoms. The molecule has 2 bridgehead atoms. The molecule has 1 unspecified atom stereocenters. The van der Waals surface area contributed by atoms with Crippen LogP contribution in [0.4, 0.5) is 5.69 Å². The molecule has 1 saturated heterocycles. The highest BCUT2D eigenvalue weighted by Gasteiger charge is 2.89. The summed E-state index contributed by atoms with van der Waals surface area (Å²) < 4.78 is 6.32. The lowest BCUT2D eigenvalue weighted by molar-refractivity contribution is -0.232. The van der Waals surface area contributed by atoms with E-state index in [0.29, 0.717) is 42.3 Å². The molecule has 7 heteroatoms. The number of benzene rings is 1. The fourth-order valence-corrected chi connectivity index (χ4v) is 8.05. The second kappa shape index (κ2) is 5.59. The van der Waals surface area contributed by atoms with Gasteiger partial charge in [0.25, 0.3) is 5.91 Å². The van der Waals surface area contributed by atoms with Crippen LogP contribution in [0.15, 0.2) is 48.3 Å². The largest absolute Gasteiger partial charge is 0.504 e. The van der Waals surface area contributed by atoms with Gasteiger partial charge < -0.3 is 20.3 Å². The van der Waals surface area contributed by atoms with E-state index in [1.165, 1.54) is 12.8 Å². The molecule has 0 radical (unpaired) electrons. The van der Waals surface area contributed by atoms with E-state index in [4.69, 9.17) is 4.74 Å². The number of pyridine rings is 1. The topological polar surface area (TPSA) is 94.9 Å². The normalized spacial score (nSPS) is 38.8. The number of nitrogens with zero attached hydrogens (tertiary/aromatic N) is 2. The van der Waals surface area contributed by atoms with E-state index >= 15 is 0 Å². The van der Waals surface area contributed by atoms with Crippen LogP contribution in [-0.2, 0) is 16.6 Å². The van der Waals surface area contributed by atoms with Gasteiger partial charge in [0, 0.05) is 53.8 Å². The van der Waals surface area contributed by atoms with Crippen molar-refractivity contribution in [1.29, 1.82) is 0 Å². The maximum atomic E-state index is 13.6. The summed E-state index contributed by atoms with van der Waals surface area (Å²) >= 11 is 0. The number of phenols is 1. The van der Waals surface area contributed by atoms with Gasteiger partial charge >= 0.3 is 0 Å². The number of hydrogen-bond donors (Lipinski definition) is 3. The van der Waals surface area contributed by atoms with Gasteiger partial charge in [-0.15, -0.1) is 0 Å². The van der Waals surface area contributed by atoms with Gasteiger partial charge in [0.1, 0.15) is 11.7 Å². The summed E-state index contributed by atoms with van der Waals surface area (Å²) in [5, 5.41) is 26.3. The van der Waals surface area contributed by atoms with E-state index in [0.717, 1.165) is 17.7 Å². The van der Waals surface area contributed by atoms with Crippen LogP contribution in [0.25, 0.3) is 0 Å². The van der Waals surface area contributed by atoms with Gasteiger partial charge in [-0.1, -0.05) is 6.07 Å². The molecule has 2 saturated carbocycles. The number of phenolic OH excluding ortho intramolecular Hbond substituents is 1. The number of carbonyl (C=O) groups excluding carboxylic acids is 1. The fraction of sp³-hybridized carbons (Fsp3) is 0.462. The number of amides is 1. The van der Waals surface area contributed by atoms with E-state index in [2.05, 4.69) is 15.2 Å². The highest BCUT2D eigenvalue weighted by Crippen LogP contribution is 2.80. The summed E-state index contributed by atoms with van der Waals surface area (Å²) in [5.74, 6) is 1.10. The molecule has 2 aromatic rings. The number of carbonyl (C=O) groups is 1.